The quantitative estimate of drug-likeness (QED) is 0.354. The fourth-order valence-electron chi connectivity index (χ4n) is 3.01. The van der Waals surface area contributed by atoms with Gasteiger partial charge in [-0.25, -0.2) is 4.79 Å². The van der Waals surface area contributed by atoms with E-state index in [1.807, 2.05) is 43.3 Å². The van der Waals surface area contributed by atoms with Gasteiger partial charge in [0.05, 0.1) is 11.5 Å². The number of carbonyl (C=O) groups is 2. The zero-order valence-electron chi connectivity index (χ0n) is 16.5. The highest BCUT2D eigenvalue weighted by Crippen LogP contribution is 2.27. The van der Waals surface area contributed by atoms with Crippen LogP contribution in [0.4, 0.5) is 11.4 Å². The van der Waals surface area contributed by atoms with Gasteiger partial charge in [0, 0.05) is 17.3 Å². The number of rotatable bonds is 6. The van der Waals surface area contributed by atoms with Gasteiger partial charge in [-0.15, -0.1) is 0 Å². The second kappa shape index (κ2) is 9.00. The number of hydrogen-bond acceptors (Lipinski definition) is 5. The van der Waals surface area contributed by atoms with Crippen LogP contribution in [0.5, 0.6) is 0 Å². The van der Waals surface area contributed by atoms with Crippen LogP contribution < -0.4 is 5.32 Å². The van der Waals surface area contributed by atoms with Gasteiger partial charge in [0.15, 0.2) is 0 Å². The average Bonchev–Trinajstić information content (AvgIpc) is 2.74. The van der Waals surface area contributed by atoms with Gasteiger partial charge in [0.25, 0.3) is 11.6 Å². The van der Waals surface area contributed by atoms with E-state index in [-0.39, 0.29) is 17.9 Å². The number of nitro benzene ring substituents is 1. The Bertz CT molecular complexity index is 1110. The van der Waals surface area contributed by atoms with E-state index in [4.69, 9.17) is 4.74 Å². The van der Waals surface area contributed by atoms with Gasteiger partial charge in [-0.05, 0) is 43.2 Å². The lowest BCUT2D eigenvalue weighted by atomic mass is 9.98. The number of nitrogens with zero attached hydrogens (tertiary/aromatic N) is 1. The molecule has 3 rings (SSSR count). The van der Waals surface area contributed by atoms with Crippen molar-refractivity contribution in [3.05, 3.63) is 93.5 Å². The molecule has 0 aliphatic carbocycles. The smallest absolute Gasteiger partial charge is 0.345 e. The molecule has 3 aromatic rings. The Kier molecular flexibility index (Phi) is 6.22. The molecule has 0 saturated carbocycles. The molecule has 30 heavy (non-hydrogen) atoms. The molecule has 7 nitrogen and oxygen atoms in total. The Hall–Kier alpha value is -4.00. The molecule has 1 N–H and O–H groups in total. The molecule has 0 atom stereocenters. The molecule has 0 fully saturated rings. The number of hydrogen-bond donors (Lipinski definition) is 1. The first-order valence-electron chi connectivity index (χ1n) is 9.33. The van der Waals surface area contributed by atoms with Gasteiger partial charge in [-0.2, -0.15) is 0 Å². The highest BCUT2D eigenvalue weighted by Gasteiger charge is 2.22. The van der Waals surface area contributed by atoms with E-state index >= 15 is 0 Å². The van der Waals surface area contributed by atoms with Crippen LogP contribution in [0.25, 0.3) is 11.1 Å². The number of anilines is 1. The number of nitrogens with one attached hydrogen (secondary N) is 1. The first-order chi connectivity index (χ1) is 14.4. The van der Waals surface area contributed by atoms with E-state index in [9.17, 15) is 19.7 Å². The van der Waals surface area contributed by atoms with Crippen LogP contribution in [0, 0.1) is 17.0 Å². The third-order valence-corrected chi connectivity index (χ3v) is 4.48. The fraction of sp³-hybridized carbons (Fsp3) is 0.130. The third kappa shape index (κ3) is 4.52. The second-order valence-electron chi connectivity index (χ2n) is 6.58. The molecule has 0 aliphatic heterocycles. The van der Waals surface area contributed by atoms with Crippen LogP contribution in [0.2, 0.25) is 0 Å². The van der Waals surface area contributed by atoms with Crippen LogP contribution in [0.1, 0.15) is 33.2 Å². The minimum atomic E-state index is -0.785. The van der Waals surface area contributed by atoms with Crippen molar-refractivity contribution in [2.75, 3.05) is 11.9 Å². The summed E-state index contributed by atoms with van der Waals surface area (Å²) in [6.07, 6.45) is 0. The third-order valence-electron chi connectivity index (χ3n) is 4.48. The van der Waals surface area contributed by atoms with E-state index in [0.717, 1.165) is 22.8 Å². The highest BCUT2D eigenvalue weighted by molar-refractivity contribution is 6.09. The summed E-state index contributed by atoms with van der Waals surface area (Å²) in [4.78, 5) is 35.6. The van der Waals surface area contributed by atoms with E-state index in [2.05, 4.69) is 5.32 Å². The standard InChI is InChI=1S/C23H20N2O5/c1-3-30-23(27)20-13-12-17(14-21(20)25(28)29)24-22(26)19-7-5-4-6-18(19)16-10-8-15(2)9-11-16/h4-14H,3H2,1-2H3,(H,24,26). The average molecular weight is 404 g/mol. The van der Waals surface area contributed by atoms with E-state index in [1.54, 1.807) is 19.1 Å². The number of ether oxygens (including phenoxy) is 1. The van der Waals surface area contributed by atoms with Gasteiger partial charge < -0.3 is 10.1 Å². The zero-order valence-corrected chi connectivity index (χ0v) is 16.5. The maximum Gasteiger partial charge on any atom is 0.345 e. The largest absolute Gasteiger partial charge is 0.462 e. The van der Waals surface area contributed by atoms with Gasteiger partial charge in [0.1, 0.15) is 5.56 Å². The minimum absolute atomic E-state index is 0.101. The monoisotopic (exact) mass is 404 g/mol. The van der Waals surface area contributed by atoms with Gasteiger partial charge in [-0.1, -0.05) is 48.0 Å². The molecule has 0 saturated heterocycles. The number of esters is 1. The summed E-state index contributed by atoms with van der Waals surface area (Å²) in [5, 5.41) is 14.1. The van der Waals surface area contributed by atoms with Crippen molar-refractivity contribution in [1.29, 1.82) is 0 Å². The van der Waals surface area contributed by atoms with Gasteiger partial charge >= 0.3 is 5.97 Å². The van der Waals surface area contributed by atoms with E-state index in [1.165, 1.54) is 12.1 Å². The lowest BCUT2D eigenvalue weighted by molar-refractivity contribution is -0.385. The summed E-state index contributed by atoms with van der Waals surface area (Å²) in [6, 6.07) is 18.8. The molecule has 1 amide bonds. The van der Waals surface area contributed by atoms with Crippen molar-refractivity contribution >= 4 is 23.3 Å². The summed E-state index contributed by atoms with van der Waals surface area (Å²) in [5.74, 6) is -1.20. The SMILES string of the molecule is CCOC(=O)c1ccc(NC(=O)c2ccccc2-c2ccc(C)cc2)cc1[N+](=O)[O-]. The van der Waals surface area contributed by atoms with Crippen LogP contribution in [-0.4, -0.2) is 23.4 Å². The Labute approximate surface area is 173 Å². The second-order valence-corrected chi connectivity index (χ2v) is 6.58. The van der Waals surface area contributed by atoms with Crippen molar-refractivity contribution in [3.63, 3.8) is 0 Å². The van der Waals surface area contributed by atoms with Crippen LogP contribution in [0.15, 0.2) is 66.7 Å². The molecule has 3 aromatic carbocycles. The maximum absolute atomic E-state index is 12.9. The summed E-state index contributed by atoms with van der Waals surface area (Å²) in [5.41, 5.74) is 2.77. The predicted molar refractivity (Wildman–Crippen MR) is 114 cm³/mol. The van der Waals surface area contributed by atoms with Crippen molar-refractivity contribution < 1.29 is 19.2 Å². The van der Waals surface area contributed by atoms with Crippen LogP contribution >= 0.6 is 0 Å². The molecular weight excluding hydrogens is 384 g/mol. The summed E-state index contributed by atoms with van der Waals surface area (Å²) in [6.45, 7) is 3.70. The lowest BCUT2D eigenvalue weighted by Crippen LogP contribution is -2.14. The number of carbonyl (C=O) groups excluding carboxylic acids is 2. The first kappa shape index (κ1) is 20.7. The normalized spacial score (nSPS) is 10.3. The van der Waals surface area contributed by atoms with Crippen LogP contribution in [-0.2, 0) is 4.74 Å². The summed E-state index contributed by atoms with van der Waals surface area (Å²) < 4.78 is 4.85. The van der Waals surface area contributed by atoms with Crippen molar-refractivity contribution in [2.24, 2.45) is 0 Å². The van der Waals surface area contributed by atoms with Crippen molar-refractivity contribution in [3.8, 4) is 11.1 Å². The molecule has 0 aromatic heterocycles. The topological polar surface area (TPSA) is 98.5 Å². The van der Waals surface area contributed by atoms with Gasteiger partial charge in [0.2, 0.25) is 0 Å². The van der Waals surface area contributed by atoms with E-state index < -0.39 is 22.5 Å². The Morgan fingerprint density at radius 2 is 1.70 bits per heavy atom. The lowest BCUT2D eigenvalue weighted by Gasteiger charge is -2.11. The summed E-state index contributed by atoms with van der Waals surface area (Å²) >= 11 is 0. The predicted octanol–water partition coefficient (Wildman–Crippen LogP) is 5.00. The number of nitro groups is 1. The molecular formula is C23H20N2O5. The highest BCUT2D eigenvalue weighted by atomic mass is 16.6. The first-order valence-corrected chi connectivity index (χ1v) is 9.33. The zero-order chi connectivity index (χ0) is 21.7. The van der Waals surface area contributed by atoms with Crippen LogP contribution in [0.3, 0.4) is 0 Å². The van der Waals surface area contributed by atoms with E-state index in [0.29, 0.717) is 5.56 Å². The Morgan fingerprint density at radius 3 is 2.37 bits per heavy atom. The number of benzene rings is 3. The number of amides is 1. The van der Waals surface area contributed by atoms with Gasteiger partial charge in [-0.3, -0.25) is 14.9 Å². The summed E-state index contributed by atoms with van der Waals surface area (Å²) in [7, 11) is 0. The Morgan fingerprint density at radius 1 is 1.00 bits per heavy atom. The number of aryl methyl sites for hydroxylation is 1. The molecule has 0 spiro atoms. The molecule has 0 radical (unpaired) electrons. The molecule has 7 heteroatoms. The Balaban J connectivity index is 1.92. The molecule has 0 unspecified atom stereocenters. The molecule has 152 valence electrons. The molecule has 0 aliphatic rings. The minimum Gasteiger partial charge on any atom is -0.462 e. The van der Waals surface area contributed by atoms with Crippen molar-refractivity contribution in [2.45, 2.75) is 13.8 Å². The molecule has 0 heterocycles. The van der Waals surface area contributed by atoms with Crippen molar-refractivity contribution in [1.82, 2.24) is 0 Å². The molecule has 0 bridgehead atoms. The fourth-order valence-corrected chi connectivity index (χ4v) is 3.01. The maximum atomic E-state index is 12.9.